The third kappa shape index (κ3) is 4.57. The Morgan fingerprint density at radius 3 is 1.94 bits per heavy atom. The lowest BCUT2D eigenvalue weighted by Gasteiger charge is -2.31. The number of allylic oxidation sites excluding steroid dienone is 4. The van der Waals surface area contributed by atoms with Gasteiger partial charge in [-0.3, -0.25) is 0 Å². The van der Waals surface area contributed by atoms with Crippen molar-refractivity contribution in [3.63, 3.8) is 0 Å². The fourth-order valence-corrected chi connectivity index (χ4v) is 8.16. The molecule has 50 heavy (non-hydrogen) atoms. The zero-order chi connectivity index (χ0) is 33.0. The number of rotatable bonds is 5. The van der Waals surface area contributed by atoms with E-state index in [0.29, 0.717) is 0 Å². The second kappa shape index (κ2) is 11.6. The van der Waals surface area contributed by atoms with E-state index < -0.39 is 0 Å². The minimum Gasteiger partial charge on any atom is -0.314 e. The molecule has 0 aliphatic heterocycles. The van der Waals surface area contributed by atoms with E-state index in [1.807, 2.05) is 0 Å². The Balaban J connectivity index is 1.17. The van der Waals surface area contributed by atoms with E-state index in [4.69, 9.17) is 0 Å². The van der Waals surface area contributed by atoms with Crippen LogP contribution >= 0.6 is 0 Å². The van der Waals surface area contributed by atoms with Crippen molar-refractivity contribution in [2.75, 3.05) is 4.90 Å². The molecule has 236 valence electrons. The molecule has 1 heterocycles. The van der Waals surface area contributed by atoms with E-state index in [2.05, 4.69) is 191 Å². The summed E-state index contributed by atoms with van der Waals surface area (Å²) >= 11 is 0. The van der Waals surface area contributed by atoms with Crippen LogP contribution < -0.4 is 4.90 Å². The fraction of sp³-hybridized carbons (Fsp3) is 0.0417. The summed E-state index contributed by atoms with van der Waals surface area (Å²) in [5, 5.41) is 10.2. The van der Waals surface area contributed by atoms with Crippen molar-refractivity contribution in [1.29, 1.82) is 0 Å². The van der Waals surface area contributed by atoms with E-state index in [0.717, 1.165) is 12.8 Å². The quantitative estimate of drug-likeness (QED) is 0.182. The van der Waals surface area contributed by atoms with Crippen LogP contribution in [-0.2, 0) is 0 Å². The molecule has 0 saturated heterocycles. The highest BCUT2D eigenvalue weighted by atomic mass is 15.2. The third-order valence-electron chi connectivity index (χ3n) is 10.5. The molecule has 10 rings (SSSR count). The number of nitrogens with zero attached hydrogens (tertiary/aromatic N) is 2. The van der Waals surface area contributed by atoms with Crippen LogP contribution in [0.1, 0.15) is 12.8 Å². The molecule has 0 spiro atoms. The van der Waals surface area contributed by atoms with E-state index >= 15 is 0 Å². The predicted octanol–water partition coefficient (Wildman–Crippen LogP) is 13.3. The predicted molar refractivity (Wildman–Crippen MR) is 214 cm³/mol. The maximum atomic E-state index is 2.50. The summed E-state index contributed by atoms with van der Waals surface area (Å²) in [5.74, 6) is 0. The normalized spacial score (nSPS) is 13.3. The molecule has 0 atom stereocenters. The van der Waals surface area contributed by atoms with Crippen LogP contribution in [0.4, 0.5) is 11.4 Å². The molecule has 9 aromatic rings. The SMILES string of the molecule is C1=C(N(c2ccc3ccccc3c2)c2ccc(-c3ccccc3)c3ccccc23)CCC(n2c3ccccc3c3c4ccccc4ccc32)=C1. The van der Waals surface area contributed by atoms with Gasteiger partial charge in [0.25, 0.3) is 0 Å². The van der Waals surface area contributed by atoms with Crippen molar-refractivity contribution in [1.82, 2.24) is 4.57 Å². The summed E-state index contributed by atoms with van der Waals surface area (Å²) < 4.78 is 2.49. The van der Waals surface area contributed by atoms with Crippen LogP contribution in [0.3, 0.4) is 0 Å². The Bertz CT molecular complexity index is 2820. The minimum atomic E-state index is 0.912. The lowest BCUT2D eigenvalue weighted by atomic mass is 9.95. The van der Waals surface area contributed by atoms with E-state index in [9.17, 15) is 0 Å². The average Bonchev–Trinajstić information content (AvgIpc) is 3.53. The van der Waals surface area contributed by atoms with Gasteiger partial charge in [0.05, 0.1) is 16.7 Å². The van der Waals surface area contributed by atoms with Gasteiger partial charge in [-0.1, -0.05) is 140 Å². The number of hydrogen-bond donors (Lipinski definition) is 0. The summed E-state index contributed by atoms with van der Waals surface area (Å²) in [6.07, 6.45) is 6.55. The van der Waals surface area contributed by atoms with Gasteiger partial charge in [-0.2, -0.15) is 0 Å². The molecular weight excluding hydrogens is 605 g/mol. The molecule has 0 unspecified atom stereocenters. The van der Waals surface area contributed by atoms with Gasteiger partial charge in [0.1, 0.15) is 0 Å². The van der Waals surface area contributed by atoms with E-state index in [1.165, 1.54) is 88.0 Å². The van der Waals surface area contributed by atoms with Gasteiger partial charge in [0.15, 0.2) is 0 Å². The van der Waals surface area contributed by atoms with Crippen LogP contribution in [-0.4, -0.2) is 4.57 Å². The molecule has 0 N–H and O–H groups in total. The molecule has 1 aliphatic rings. The van der Waals surface area contributed by atoms with Crippen LogP contribution in [0, 0.1) is 0 Å². The van der Waals surface area contributed by atoms with Crippen molar-refractivity contribution in [3.8, 4) is 11.1 Å². The number of aromatic nitrogens is 1. The van der Waals surface area contributed by atoms with Gasteiger partial charge in [0.2, 0.25) is 0 Å². The smallest absolute Gasteiger partial charge is 0.0544 e. The van der Waals surface area contributed by atoms with Crippen molar-refractivity contribution in [3.05, 3.63) is 188 Å². The average molecular weight is 639 g/mol. The maximum Gasteiger partial charge on any atom is 0.0544 e. The first-order valence-electron chi connectivity index (χ1n) is 17.5. The molecule has 0 fully saturated rings. The van der Waals surface area contributed by atoms with Crippen LogP contribution in [0.15, 0.2) is 188 Å². The zero-order valence-electron chi connectivity index (χ0n) is 27.6. The molecule has 0 amide bonds. The number of fused-ring (bicyclic) bond motifs is 7. The molecule has 0 bridgehead atoms. The Morgan fingerprint density at radius 1 is 0.440 bits per heavy atom. The highest BCUT2D eigenvalue weighted by Crippen LogP contribution is 2.44. The number of para-hydroxylation sites is 1. The lowest BCUT2D eigenvalue weighted by Crippen LogP contribution is -2.19. The zero-order valence-corrected chi connectivity index (χ0v) is 27.6. The Hall–Kier alpha value is -6.38. The first kappa shape index (κ1) is 28.6. The van der Waals surface area contributed by atoms with Gasteiger partial charge in [-0.25, -0.2) is 0 Å². The maximum absolute atomic E-state index is 2.50. The summed E-state index contributed by atoms with van der Waals surface area (Å²) in [6, 6.07) is 61.9. The minimum absolute atomic E-state index is 0.912. The second-order valence-electron chi connectivity index (χ2n) is 13.3. The van der Waals surface area contributed by atoms with Crippen LogP contribution in [0.2, 0.25) is 0 Å². The van der Waals surface area contributed by atoms with Gasteiger partial charge >= 0.3 is 0 Å². The second-order valence-corrected chi connectivity index (χ2v) is 13.3. The van der Waals surface area contributed by atoms with Crippen molar-refractivity contribution < 1.29 is 0 Å². The number of benzene rings is 8. The van der Waals surface area contributed by atoms with Crippen molar-refractivity contribution in [2.45, 2.75) is 12.8 Å². The molecular formula is C48H34N2. The van der Waals surface area contributed by atoms with Gasteiger partial charge in [-0.15, -0.1) is 0 Å². The summed E-state index contributed by atoms with van der Waals surface area (Å²) in [4.78, 5) is 2.50. The molecule has 1 aliphatic carbocycles. The summed E-state index contributed by atoms with van der Waals surface area (Å²) in [5.41, 5.74) is 9.98. The highest BCUT2D eigenvalue weighted by Gasteiger charge is 2.23. The Morgan fingerprint density at radius 2 is 1.12 bits per heavy atom. The van der Waals surface area contributed by atoms with Crippen LogP contribution in [0.5, 0.6) is 0 Å². The fourth-order valence-electron chi connectivity index (χ4n) is 8.16. The standard InChI is InChI=1S/C48H34N2/c1-2-13-34(14-3-1)40-29-31-46(43-19-9-8-18-42(40)43)49(39-24-22-33-12-4-5-16-36(33)32-39)37-25-27-38(28-26-37)50-45-21-11-10-20-44(45)48-41-17-7-6-15-35(41)23-30-47(48)50/h1-25,27,29-32H,26,28H2. The molecule has 2 heteroatoms. The number of anilines is 2. The van der Waals surface area contributed by atoms with Gasteiger partial charge in [0, 0.05) is 33.2 Å². The molecule has 0 radical (unpaired) electrons. The Kier molecular flexibility index (Phi) is 6.67. The van der Waals surface area contributed by atoms with Gasteiger partial charge < -0.3 is 9.47 Å². The molecule has 0 saturated carbocycles. The van der Waals surface area contributed by atoms with Crippen molar-refractivity contribution in [2.24, 2.45) is 0 Å². The van der Waals surface area contributed by atoms with E-state index in [-0.39, 0.29) is 0 Å². The van der Waals surface area contributed by atoms with Crippen molar-refractivity contribution >= 4 is 71.2 Å². The summed E-state index contributed by atoms with van der Waals surface area (Å²) in [7, 11) is 0. The molecule has 2 nitrogen and oxygen atoms in total. The lowest BCUT2D eigenvalue weighted by molar-refractivity contribution is 0.896. The topological polar surface area (TPSA) is 8.17 Å². The largest absolute Gasteiger partial charge is 0.314 e. The first-order chi connectivity index (χ1) is 24.8. The first-order valence-corrected chi connectivity index (χ1v) is 17.5. The third-order valence-corrected chi connectivity index (χ3v) is 10.5. The highest BCUT2D eigenvalue weighted by molar-refractivity contribution is 6.21. The molecule has 8 aromatic carbocycles. The van der Waals surface area contributed by atoms with Gasteiger partial charge in [-0.05, 0) is 93.4 Å². The van der Waals surface area contributed by atoms with Crippen LogP contribution in [0.25, 0.3) is 70.9 Å². The molecule has 1 aromatic heterocycles. The number of hydrogen-bond acceptors (Lipinski definition) is 1. The summed E-state index contributed by atoms with van der Waals surface area (Å²) in [6.45, 7) is 0. The Labute approximate surface area is 291 Å². The monoisotopic (exact) mass is 638 g/mol. The van der Waals surface area contributed by atoms with E-state index in [1.54, 1.807) is 0 Å².